The molecule has 80 heavy (non-hydrogen) atoms. The lowest BCUT2D eigenvalue weighted by molar-refractivity contribution is -0.146. The zero-order valence-electron chi connectivity index (χ0n) is 48.2. The third-order valence-electron chi connectivity index (χ3n) is 12.5. The highest BCUT2D eigenvalue weighted by atomic mass is 31.2. The van der Waals surface area contributed by atoms with Crippen LogP contribution in [0.4, 0.5) is 0 Å². The monoisotopic (exact) mass is 1140 g/mol. The number of carbonyl (C=O) groups excluding carboxylic acids is 6. The molecular formula is C60H90N3O16P. The lowest BCUT2D eigenvalue weighted by atomic mass is 10.1. The summed E-state index contributed by atoms with van der Waals surface area (Å²) in [5.41, 5.74) is 1.43. The maximum atomic E-state index is 15.6. The Bertz CT molecular complexity index is 2080. The van der Waals surface area contributed by atoms with E-state index in [-0.39, 0.29) is 76.6 Å². The van der Waals surface area contributed by atoms with Gasteiger partial charge in [-0.3, -0.25) is 28.0 Å². The number of esters is 3. The van der Waals surface area contributed by atoms with E-state index in [0.29, 0.717) is 53.2 Å². The molecule has 3 rings (SSSR count). The van der Waals surface area contributed by atoms with Crippen LogP contribution >= 0.6 is 7.82 Å². The van der Waals surface area contributed by atoms with Crippen LogP contribution in [0.2, 0.25) is 0 Å². The van der Waals surface area contributed by atoms with Gasteiger partial charge < -0.3 is 44.4 Å². The number of hydrogen-bond donors (Lipinski definition) is 3. The van der Waals surface area contributed by atoms with E-state index in [1.807, 2.05) is 0 Å². The average molecular weight is 1140 g/mol. The van der Waals surface area contributed by atoms with Gasteiger partial charge in [0.15, 0.2) is 19.8 Å². The molecule has 3 N–H and O–H groups in total. The highest BCUT2D eigenvalue weighted by molar-refractivity contribution is 7.48. The number of benzene rings is 3. The smallest absolute Gasteiger partial charge is 0.475 e. The van der Waals surface area contributed by atoms with Crippen LogP contribution in [0.15, 0.2) is 72.8 Å². The number of phosphoric acid groups is 1. The molecule has 3 aromatic rings. The highest BCUT2D eigenvalue weighted by Gasteiger charge is 2.34. The second-order valence-corrected chi connectivity index (χ2v) is 20.9. The lowest BCUT2D eigenvalue weighted by Crippen LogP contribution is -2.33. The molecule has 0 spiro atoms. The number of amides is 3. The number of carbonyl (C=O) groups is 6. The van der Waals surface area contributed by atoms with Gasteiger partial charge in [-0.15, -0.1) is 0 Å². The van der Waals surface area contributed by atoms with Crippen LogP contribution < -0.4 is 30.2 Å². The summed E-state index contributed by atoms with van der Waals surface area (Å²) in [5.74, 6) is -1.73. The summed E-state index contributed by atoms with van der Waals surface area (Å²) >= 11 is 0. The van der Waals surface area contributed by atoms with Crippen LogP contribution in [0, 0.1) is 0 Å². The van der Waals surface area contributed by atoms with Crippen molar-refractivity contribution in [3.63, 3.8) is 0 Å². The number of rotatable bonds is 45. The molecule has 20 heteroatoms. The molecule has 3 unspecified atom stereocenters. The molecule has 446 valence electrons. The Balaban J connectivity index is 2.13. The van der Waals surface area contributed by atoms with Gasteiger partial charge in [-0.25, -0.2) is 18.9 Å². The average Bonchev–Trinajstić information content (AvgIpc) is 3.45. The normalized spacial score (nSPS) is 12.9. The van der Waals surface area contributed by atoms with Crippen LogP contribution in [-0.4, -0.2) is 95.1 Å². The number of phosphoric ester groups is 1. The zero-order valence-corrected chi connectivity index (χ0v) is 49.1. The summed E-state index contributed by atoms with van der Waals surface area (Å²) in [6.45, 7) is 9.38. The van der Waals surface area contributed by atoms with Crippen LogP contribution in [0.5, 0.6) is 17.2 Å². The van der Waals surface area contributed by atoms with Crippen molar-refractivity contribution < 1.29 is 75.3 Å². The maximum Gasteiger partial charge on any atom is 0.475 e. The Morgan fingerprint density at radius 3 is 0.938 bits per heavy atom. The van der Waals surface area contributed by atoms with Gasteiger partial charge in [0, 0.05) is 19.3 Å². The molecular weight excluding hydrogens is 1050 g/mol. The Labute approximate surface area is 474 Å². The molecule has 0 aliphatic heterocycles. The molecule has 0 fully saturated rings. The van der Waals surface area contributed by atoms with Crippen molar-refractivity contribution in [3.8, 4) is 17.2 Å². The summed E-state index contributed by atoms with van der Waals surface area (Å²) in [6, 6.07) is 17.0. The fourth-order valence-corrected chi connectivity index (χ4v) is 9.46. The first kappa shape index (κ1) is 68.3. The molecule has 3 aromatic carbocycles. The minimum atomic E-state index is -4.84. The van der Waals surface area contributed by atoms with Gasteiger partial charge in [0.25, 0.3) is 0 Å². The van der Waals surface area contributed by atoms with Crippen molar-refractivity contribution in [2.75, 3.05) is 59.5 Å². The summed E-state index contributed by atoms with van der Waals surface area (Å²) in [4.78, 5) is 77.9. The fraction of sp³-hybridized carbons (Fsp3) is 0.600. The molecule has 0 aromatic heterocycles. The third-order valence-corrected chi connectivity index (χ3v) is 13.9. The SMILES string of the molecule is CCCCCCCC(=O)NC(COP(=O)(OCC(NC(=O)CCCCCCC)c1cccc(OCC(=O)OCC)c1)OCC(NC(=O)CCCCCCC)c1cccc(OCC(=O)OCC)c1)c1cccc(OCC(=O)OCC)c1. The van der Waals surface area contributed by atoms with Gasteiger partial charge in [-0.1, -0.05) is 134 Å². The van der Waals surface area contributed by atoms with Gasteiger partial charge in [0.2, 0.25) is 17.7 Å². The Hall–Kier alpha value is -6.01. The number of hydrogen-bond acceptors (Lipinski definition) is 16. The lowest BCUT2D eigenvalue weighted by Gasteiger charge is -2.27. The van der Waals surface area contributed by atoms with Crippen LogP contribution in [0.3, 0.4) is 0 Å². The van der Waals surface area contributed by atoms with Crippen molar-refractivity contribution in [1.29, 1.82) is 0 Å². The molecule has 0 saturated heterocycles. The van der Waals surface area contributed by atoms with Gasteiger partial charge >= 0.3 is 25.7 Å². The number of ether oxygens (including phenoxy) is 6. The van der Waals surface area contributed by atoms with Crippen LogP contribution in [0.25, 0.3) is 0 Å². The van der Waals surface area contributed by atoms with E-state index in [0.717, 1.165) is 77.0 Å². The molecule has 0 heterocycles. The first-order valence-electron chi connectivity index (χ1n) is 28.8. The Morgan fingerprint density at radius 2 is 0.675 bits per heavy atom. The molecule has 3 atom stereocenters. The van der Waals surface area contributed by atoms with Crippen molar-refractivity contribution in [2.45, 2.75) is 175 Å². The van der Waals surface area contributed by atoms with E-state index in [2.05, 4.69) is 36.7 Å². The summed E-state index contributed by atoms with van der Waals surface area (Å²) in [6.07, 6.45) is 14.3. The standard InChI is InChI=1S/C60H90N3O16P/c1-7-13-16-19-22-34-55(64)61-52(46-28-25-31-49(37-46)74-43-58(67)71-10-4)40-77-80(70,78-41-53(62-56(65)35-23-20-17-14-8-2)47-29-26-32-50(38-47)75-44-59(68)72-11-5)79-42-54(63-57(66)36-24-21-18-15-9-3)48-30-27-33-51(39-48)76-45-60(69)73-12-6/h25-33,37-39,52-54H,7-24,34-36,40-45H2,1-6H3,(H,61,64)(H,62,65)(H,63,66). The van der Waals surface area contributed by atoms with Crippen molar-refractivity contribution in [1.82, 2.24) is 16.0 Å². The van der Waals surface area contributed by atoms with Crippen LogP contribution in [0.1, 0.15) is 192 Å². The van der Waals surface area contributed by atoms with Gasteiger partial charge in [0.05, 0.1) is 57.8 Å². The van der Waals surface area contributed by atoms with E-state index < -0.39 is 63.7 Å². The Kier molecular flexibility index (Phi) is 35.0. The second-order valence-electron chi connectivity index (χ2n) is 19.2. The highest BCUT2D eigenvalue weighted by Crippen LogP contribution is 2.51. The summed E-state index contributed by atoms with van der Waals surface area (Å²) in [7, 11) is -4.84. The van der Waals surface area contributed by atoms with Gasteiger partial charge in [0.1, 0.15) is 17.2 Å². The molecule has 0 bridgehead atoms. The predicted octanol–water partition coefficient (Wildman–Crippen LogP) is 11.6. The van der Waals surface area contributed by atoms with Gasteiger partial charge in [-0.2, -0.15) is 0 Å². The zero-order chi connectivity index (χ0) is 58.2. The van der Waals surface area contributed by atoms with E-state index in [1.165, 1.54) is 0 Å². The first-order chi connectivity index (χ1) is 38.7. The first-order valence-corrected chi connectivity index (χ1v) is 30.3. The molecule has 0 aliphatic rings. The van der Waals surface area contributed by atoms with Crippen molar-refractivity contribution in [2.24, 2.45) is 0 Å². The summed E-state index contributed by atoms with van der Waals surface area (Å²) in [5, 5.41) is 9.07. The second kappa shape index (κ2) is 41.1. The van der Waals surface area contributed by atoms with E-state index in [9.17, 15) is 28.8 Å². The molecule has 0 saturated carbocycles. The van der Waals surface area contributed by atoms with Crippen LogP contribution in [-0.2, 0) is 61.1 Å². The fourth-order valence-electron chi connectivity index (χ4n) is 8.24. The molecule has 19 nitrogen and oxygen atoms in total. The maximum absolute atomic E-state index is 15.6. The van der Waals surface area contributed by atoms with Gasteiger partial charge in [-0.05, 0) is 93.1 Å². The van der Waals surface area contributed by atoms with E-state index in [1.54, 1.807) is 93.6 Å². The number of nitrogens with one attached hydrogen (secondary N) is 3. The topological polar surface area (TPSA) is 239 Å². The quantitative estimate of drug-likeness (QED) is 0.0206. The molecule has 0 radical (unpaired) electrons. The predicted molar refractivity (Wildman–Crippen MR) is 304 cm³/mol. The third kappa shape index (κ3) is 29.5. The summed E-state index contributed by atoms with van der Waals surface area (Å²) < 4.78 is 66.8. The molecule has 0 aliphatic carbocycles. The molecule has 3 amide bonds. The minimum Gasteiger partial charge on any atom is -0.482 e. The van der Waals surface area contributed by atoms with Crippen molar-refractivity contribution >= 4 is 43.5 Å². The number of unbranched alkanes of at least 4 members (excludes halogenated alkanes) is 12. The largest absolute Gasteiger partial charge is 0.482 e. The van der Waals surface area contributed by atoms with E-state index >= 15 is 4.57 Å². The van der Waals surface area contributed by atoms with Crippen molar-refractivity contribution in [3.05, 3.63) is 89.5 Å². The Morgan fingerprint density at radius 1 is 0.400 bits per heavy atom. The minimum absolute atomic E-state index is 0.171. The van der Waals surface area contributed by atoms with E-state index in [4.69, 9.17) is 42.0 Å².